The zero-order valence-electron chi connectivity index (χ0n) is 14.0. The van der Waals surface area contributed by atoms with Gasteiger partial charge in [-0.15, -0.1) is 0 Å². The second kappa shape index (κ2) is 8.02. The van der Waals surface area contributed by atoms with E-state index in [4.69, 9.17) is 4.74 Å². The van der Waals surface area contributed by atoms with Gasteiger partial charge in [0.25, 0.3) is 5.91 Å². The fourth-order valence-corrected chi connectivity index (χ4v) is 2.88. The highest BCUT2D eigenvalue weighted by atomic mass is 16.5. The Morgan fingerprint density at radius 2 is 2.00 bits per heavy atom. The van der Waals surface area contributed by atoms with Crippen molar-refractivity contribution >= 4 is 5.91 Å². The van der Waals surface area contributed by atoms with E-state index in [1.807, 2.05) is 30.0 Å². The van der Waals surface area contributed by atoms with Gasteiger partial charge in [0, 0.05) is 31.9 Å². The highest BCUT2D eigenvalue weighted by Crippen LogP contribution is 2.17. The van der Waals surface area contributed by atoms with E-state index < -0.39 is 0 Å². The van der Waals surface area contributed by atoms with Crippen LogP contribution >= 0.6 is 0 Å². The number of piperidine rings is 1. The van der Waals surface area contributed by atoms with Crippen LogP contribution < -0.4 is 0 Å². The van der Waals surface area contributed by atoms with Crippen molar-refractivity contribution in [2.75, 3.05) is 13.1 Å². The van der Waals surface area contributed by atoms with Crippen LogP contribution in [0.1, 0.15) is 41.5 Å². The number of hydrogen-bond acceptors (Lipinski definition) is 4. The monoisotopic (exact) mass is 325 g/mol. The minimum Gasteiger partial charge on any atom is -0.372 e. The zero-order valence-corrected chi connectivity index (χ0v) is 14.0. The number of carbonyl (C=O) groups excluding carboxylic acids is 1. The molecule has 1 aliphatic heterocycles. The summed E-state index contributed by atoms with van der Waals surface area (Å²) < 4.78 is 6.00. The summed E-state index contributed by atoms with van der Waals surface area (Å²) in [6, 6.07) is 10.1. The maximum absolute atomic E-state index is 12.6. The van der Waals surface area contributed by atoms with Crippen molar-refractivity contribution in [3.8, 4) is 0 Å². The van der Waals surface area contributed by atoms with Crippen LogP contribution in [0.2, 0.25) is 0 Å². The molecule has 2 aromatic rings. The highest BCUT2D eigenvalue weighted by Gasteiger charge is 2.25. The molecule has 0 aliphatic carbocycles. The second-order valence-electron chi connectivity index (χ2n) is 6.05. The third-order valence-electron chi connectivity index (χ3n) is 4.26. The molecule has 0 spiro atoms. The number of likely N-dealkylation sites (tertiary alicyclic amines) is 1. The predicted octanol–water partition coefficient (Wildman–Crippen LogP) is 2.86. The van der Waals surface area contributed by atoms with E-state index in [2.05, 4.69) is 22.1 Å². The third kappa shape index (κ3) is 4.17. The lowest BCUT2D eigenvalue weighted by Gasteiger charge is -2.32. The summed E-state index contributed by atoms with van der Waals surface area (Å²) >= 11 is 0. The van der Waals surface area contributed by atoms with E-state index in [0.717, 1.165) is 37.2 Å². The number of benzene rings is 1. The van der Waals surface area contributed by atoms with Crippen molar-refractivity contribution < 1.29 is 9.53 Å². The molecule has 1 atom stereocenters. The Bertz CT molecular complexity index is 658. The summed E-state index contributed by atoms with van der Waals surface area (Å²) in [6.07, 6.45) is 6.05. The van der Waals surface area contributed by atoms with Crippen molar-refractivity contribution in [1.29, 1.82) is 0 Å². The molecular formula is C19H23N3O2. The molecule has 0 saturated carbocycles. The molecule has 3 rings (SSSR count). The standard InChI is InChI=1S/C19H23N3O2/c1-2-18-20-11-16(12-21-18)19(23)22-10-6-9-17(13-22)24-14-15-7-4-3-5-8-15/h3-5,7-8,11-12,17H,2,6,9-10,13-14H2,1H3/t17-/m1/s1. The molecule has 0 radical (unpaired) electrons. The molecule has 1 amide bonds. The topological polar surface area (TPSA) is 55.3 Å². The fourth-order valence-electron chi connectivity index (χ4n) is 2.88. The van der Waals surface area contributed by atoms with Gasteiger partial charge in [-0.05, 0) is 18.4 Å². The van der Waals surface area contributed by atoms with E-state index >= 15 is 0 Å². The Morgan fingerprint density at radius 3 is 2.71 bits per heavy atom. The minimum absolute atomic E-state index is 0.00864. The number of carbonyl (C=O) groups is 1. The molecule has 1 aromatic heterocycles. The van der Waals surface area contributed by atoms with Gasteiger partial charge in [-0.3, -0.25) is 4.79 Å². The summed E-state index contributed by atoms with van der Waals surface area (Å²) in [4.78, 5) is 22.9. The molecule has 0 bridgehead atoms. The average Bonchev–Trinajstić information content (AvgIpc) is 2.67. The quantitative estimate of drug-likeness (QED) is 0.848. The SMILES string of the molecule is CCc1ncc(C(=O)N2CCC[C@@H](OCc3ccccc3)C2)cn1. The lowest BCUT2D eigenvalue weighted by atomic mass is 10.1. The van der Waals surface area contributed by atoms with Crippen molar-refractivity contribution in [1.82, 2.24) is 14.9 Å². The molecule has 2 heterocycles. The zero-order chi connectivity index (χ0) is 16.8. The van der Waals surface area contributed by atoms with Gasteiger partial charge in [0.1, 0.15) is 5.82 Å². The van der Waals surface area contributed by atoms with Gasteiger partial charge in [0.15, 0.2) is 0 Å². The smallest absolute Gasteiger partial charge is 0.257 e. The van der Waals surface area contributed by atoms with E-state index in [0.29, 0.717) is 18.7 Å². The Hall–Kier alpha value is -2.27. The van der Waals surface area contributed by atoms with Gasteiger partial charge in [0.05, 0.1) is 18.3 Å². The van der Waals surface area contributed by atoms with Gasteiger partial charge < -0.3 is 9.64 Å². The molecule has 1 aromatic carbocycles. The molecule has 5 heteroatoms. The third-order valence-corrected chi connectivity index (χ3v) is 4.26. The van der Waals surface area contributed by atoms with Crippen LogP contribution in [0.15, 0.2) is 42.7 Å². The molecular weight excluding hydrogens is 302 g/mol. The summed E-state index contributed by atoms with van der Waals surface area (Å²) in [6.45, 7) is 3.97. The van der Waals surface area contributed by atoms with E-state index in [1.54, 1.807) is 12.4 Å². The van der Waals surface area contributed by atoms with Crippen LogP contribution in [0.3, 0.4) is 0 Å². The normalized spacial score (nSPS) is 17.7. The number of aryl methyl sites for hydroxylation is 1. The van der Waals surface area contributed by atoms with Gasteiger partial charge in [0.2, 0.25) is 0 Å². The number of aromatic nitrogens is 2. The molecule has 126 valence electrons. The van der Waals surface area contributed by atoms with Crippen LogP contribution in [0, 0.1) is 0 Å². The molecule has 24 heavy (non-hydrogen) atoms. The van der Waals surface area contributed by atoms with Crippen molar-refractivity contribution in [2.24, 2.45) is 0 Å². The average molecular weight is 325 g/mol. The van der Waals surface area contributed by atoms with Crippen LogP contribution in [0.25, 0.3) is 0 Å². The summed E-state index contributed by atoms with van der Waals surface area (Å²) in [5.41, 5.74) is 1.71. The first-order chi connectivity index (χ1) is 11.8. The lowest BCUT2D eigenvalue weighted by Crippen LogP contribution is -2.43. The first-order valence-electron chi connectivity index (χ1n) is 8.52. The summed E-state index contributed by atoms with van der Waals surface area (Å²) in [7, 11) is 0. The number of amides is 1. The number of rotatable bonds is 5. The van der Waals surface area contributed by atoms with Crippen molar-refractivity contribution in [3.05, 3.63) is 59.7 Å². The van der Waals surface area contributed by atoms with Crippen LogP contribution in [-0.4, -0.2) is 40.0 Å². The highest BCUT2D eigenvalue weighted by molar-refractivity contribution is 5.93. The molecule has 1 saturated heterocycles. The van der Waals surface area contributed by atoms with Gasteiger partial charge >= 0.3 is 0 Å². The maximum Gasteiger partial charge on any atom is 0.257 e. The Balaban J connectivity index is 1.57. The first kappa shape index (κ1) is 16.6. The first-order valence-corrected chi connectivity index (χ1v) is 8.52. The van der Waals surface area contributed by atoms with E-state index in [-0.39, 0.29) is 12.0 Å². The minimum atomic E-state index is -0.00864. The maximum atomic E-state index is 12.6. The van der Waals surface area contributed by atoms with Gasteiger partial charge in [-0.1, -0.05) is 37.3 Å². The number of hydrogen-bond donors (Lipinski definition) is 0. The van der Waals surface area contributed by atoms with Crippen LogP contribution in [-0.2, 0) is 17.8 Å². The second-order valence-corrected chi connectivity index (χ2v) is 6.05. The van der Waals surface area contributed by atoms with E-state index in [1.165, 1.54) is 0 Å². The van der Waals surface area contributed by atoms with Crippen LogP contribution in [0.4, 0.5) is 0 Å². The predicted molar refractivity (Wildman–Crippen MR) is 91.6 cm³/mol. The summed E-state index contributed by atoms with van der Waals surface area (Å²) in [5, 5.41) is 0. The van der Waals surface area contributed by atoms with Crippen molar-refractivity contribution in [2.45, 2.75) is 38.9 Å². The number of ether oxygens (including phenoxy) is 1. The Morgan fingerprint density at radius 1 is 1.25 bits per heavy atom. The fraction of sp³-hybridized carbons (Fsp3) is 0.421. The molecule has 1 aliphatic rings. The van der Waals surface area contributed by atoms with Crippen LogP contribution in [0.5, 0.6) is 0 Å². The number of nitrogens with zero attached hydrogens (tertiary/aromatic N) is 3. The van der Waals surface area contributed by atoms with Crippen molar-refractivity contribution in [3.63, 3.8) is 0 Å². The lowest BCUT2D eigenvalue weighted by molar-refractivity contribution is -0.00675. The molecule has 1 fully saturated rings. The molecule has 0 unspecified atom stereocenters. The Kier molecular flexibility index (Phi) is 5.54. The van der Waals surface area contributed by atoms with Gasteiger partial charge in [-0.25, -0.2) is 9.97 Å². The summed E-state index contributed by atoms with van der Waals surface area (Å²) in [5.74, 6) is 0.750. The van der Waals surface area contributed by atoms with Gasteiger partial charge in [-0.2, -0.15) is 0 Å². The molecule has 5 nitrogen and oxygen atoms in total. The Labute approximate surface area is 142 Å². The molecule has 0 N–H and O–H groups in total. The largest absolute Gasteiger partial charge is 0.372 e. The van der Waals surface area contributed by atoms with E-state index in [9.17, 15) is 4.79 Å².